The molecule has 2 aliphatic rings. The maximum Gasteiger partial charge on any atom is 0.231 e. The molecular weight excluding hydrogens is 298 g/mol. The first-order chi connectivity index (χ1) is 11.8. The van der Waals surface area contributed by atoms with E-state index in [0.29, 0.717) is 6.79 Å². The molecule has 0 fully saturated rings. The van der Waals surface area contributed by atoms with E-state index in [0.717, 1.165) is 17.9 Å². The fraction of sp³-hybridized carbons (Fsp3) is 0.333. The van der Waals surface area contributed by atoms with Gasteiger partial charge in [-0.3, -0.25) is 0 Å². The first-order valence-electron chi connectivity index (χ1n) is 8.70. The minimum absolute atomic E-state index is 0.267. The number of anilines is 1. The molecule has 0 bridgehead atoms. The molecule has 1 unspecified atom stereocenters. The van der Waals surface area contributed by atoms with Gasteiger partial charge in [0.2, 0.25) is 6.79 Å². The molecule has 1 atom stereocenters. The number of hydrogen-bond acceptors (Lipinski definition) is 3. The first-order valence-corrected chi connectivity index (χ1v) is 8.70. The standard InChI is InChI=1S/C21H23NO2/c1-3-4-8-15-11-16-12-19-20(24-14-23-19)13-18(16)21(15)22(2)17-9-6-5-7-10-17/h5-7,9-13,21H,3-4,8,14H2,1-2H3. The van der Waals surface area contributed by atoms with E-state index >= 15 is 0 Å². The van der Waals surface area contributed by atoms with Gasteiger partial charge in [-0.2, -0.15) is 0 Å². The van der Waals surface area contributed by atoms with Crippen LogP contribution < -0.4 is 14.4 Å². The normalized spacial score (nSPS) is 17.6. The Morgan fingerprint density at radius 1 is 1.08 bits per heavy atom. The molecule has 124 valence electrons. The predicted octanol–water partition coefficient (Wildman–Crippen LogP) is 5.18. The van der Waals surface area contributed by atoms with Gasteiger partial charge < -0.3 is 14.4 Å². The van der Waals surface area contributed by atoms with Crippen molar-refractivity contribution >= 4 is 11.8 Å². The molecule has 0 saturated carbocycles. The number of nitrogens with zero attached hydrogens (tertiary/aromatic N) is 1. The molecule has 0 aromatic heterocycles. The molecular formula is C21H23NO2. The van der Waals surface area contributed by atoms with Crippen LogP contribution in [0.4, 0.5) is 5.69 Å². The second-order valence-corrected chi connectivity index (χ2v) is 6.51. The zero-order valence-corrected chi connectivity index (χ0v) is 14.3. The van der Waals surface area contributed by atoms with Gasteiger partial charge in [0.1, 0.15) is 0 Å². The summed E-state index contributed by atoms with van der Waals surface area (Å²) in [7, 11) is 2.18. The molecule has 0 N–H and O–H groups in total. The zero-order valence-electron chi connectivity index (χ0n) is 14.3. The topological polar surface area (TPSA) is 21.7 Å². The van der Waals surface area contributed by atoms with E-state index in [1.54, 1.807) is 0 Å². The zero-order chi connectivity index (χ0) is 16.5. The van der Waals surface area contributed by atoms with Crippen LogP contribution in [-0.4, -0.2) is 13.8 Å². The molecule has 3 heteroatoms. The lowest BCUT2D eigenvalue weighted by Gasteiger charge is -2.30. The minimum Gasteiger partial charge on any atom is -0.454 e. The van der Waals surface area contributed by atoms with Gasteiger partial charge in [0.05, 0.1) is 6.04 Å². The quantitative estimate of drug-likeness (QED) is 0.757. The summed E-state index contributed by atoms with van der Waals surface area (Å²) in [5, 5.41) is 0. The van der Waals surface area contributed by atoms with Crippen LogP contribution in [0, 0.1) is 0 Å². The molecule has 0 radical (unpaired) electrons. The predicted molar refractivity (Wildman–Crippen MR) is 97.7 cm³/mol. The van der Waals surface area contributed by atoms with Gasteiger partial charge in [0.25, 0.3) is 0 Å². The molecule has 0 saturated heterocycles. The van der Waals surface area contributed by atoms with Crippen LogP contribution >= 0.6 is 0 Å². The summed E-state index contributed by atoms with van der Waals surface area (Å²) >= 11 is 0. The second-order valence-electron chi connectivity index (χ2n) is 6.51. The van der Waals surface area contributed by atoms with Crippen molar-refractivity contribution in [1.29, 1.82) is 0 Å². The fourth-order valence-corrected chi connectivity index (χ4v) is 3.67. The molecule has 1 aliphatic heterocycles. The number of likely N-dealkylation sites (N-methyl/N-ethyl adjacent to an activating group) is 1. The summed E-state index contributed by atoms with van der Waals surface area (Å²) < 4.78 is 11.2. The molecule has 2 aromatic carbocycles. The van der Waals surface area contributed by atoms with E-state index in [1.807, 2.05) is 0 Å². The highest BCUT2D eigenvalue weighted by Gasteiger charge is 2.31. The lowest BCUT2D eigenvalue weighted by Crippen LogP contribution is -2.24. The number of para-hydroxylation sites is 1. The number of hydrogen-bond donors (Lipinski definition) is 0. The average molecular weight is 321 g/mol. The highest BCUT2D eigenvalue weighted by atomic mass is 16.7. The van der Waals surface area contributed by atoms with Crippen molar-refractivity contribution in [2.24, 2.45) is 0 Å². The molecule has 4 rings (SSSR count). The van der Waals surface area contributed by atoms with E-state index < -0.39 is 0 Å². The lowest BCUT2D eigenvalue weighted by atomic mass is 9.98. The molecule has 24 heavy (non-hydrogen) atoms. The van der Waals surface area contributed by atoms with Crippen LogP contribution in [0.2, 0.25) is 0 Å². The van der Waals surface area contributed by atoms with E-state index in [4.69, 9.17) is 9.47 Å². The largest absolute Gasteiger partial charge is 0.454 e. The van der Waals surface area contributed by atoms with E-state index in [9.17, 15) is 0 Å². The molecule has 1 heterocycles. The Labute approximate surface area is 143 Å². The van der Waals surface area contributed by atoms with Crippen molar-refractivity contribution in [2.45, 2.75) is 32.2 Å². The third-order valence-electron chi connectivity index (χ3n) is 4.93. The van der Waals surface area contributed by atoms with Gasteiger partial charge in [-0.25, -0.2) is 0 Å². The van der Waals surface area contributed by atoms with Crippen molar-refractivity contribution in [1.82, 2.24) is 0 Å². The van der Waals surface area contributed by atoms with Crippen molar-refractivity contribution in [3.63, 3.8) is 0 Å². The minimum atomic E-state index is 0.267. The van der Waals surface area contributed by atoms with Gasteiger partial charge >= 0.3 is 0 Å². The van der Waals surface area contributed by atoms with Crippen molar-refractivity contribution in [2.75, 3.05) is 18.7 Å². The highest BCUT2D eigenvalue weighted by molar-refractivity contribution is 5.72. The second kappa shape index (κ2) is 6.23. The summed E-state index contributed by atoms with van der Waals surface area (Å²) in [4.78, 5) is 2.37. The Bertz CT molecular complexity index is 767. The lowest BCUT2D eigenvalue weighted by molar-refractivity contribution is 0.174. The molecule has 0 spiro atoms. The molecule has 0 amide bonds. The van der Waals surface area contributed by atoms with Gasteiger partial charge in [-0.1, -0.05) is 37.6 Å². The summed E-state index contributed by atoms with van der Waals surface area (Å²) in [5.74, 6) is 1.73. The van der Waals surface area contributed by atoms with Gasteiger partial charge in [-0.15, -0.1) is 0 Å². The van der Waals surface area contributed by atoms with Crippen LogP contribution in [0.15, 0.2) is 48.0 Å². The summed E-state index contributed by atoms with van der Waals surface area (Å²) in [6.45, 7) is 2.57. The summed E-state index contributed by atoms with van der Waals surface area (Å²) in [5.41, 5.74) is 5.28. The van der Waals surface area contributed by atoms with Crippen molar-refractivity contribution in [3.05, 3.63) is 59.2 Å². The maximum atomic E-state index is 5.61. The van der Waals surface area contributed by atoms with Crippen LogP contribution in [-0.2, 0) is 0 Å². The van der Waals surface area contributed by atoms with Crippen molar-refractivity contribution < 1.29 is 9.47 Å². The maximum absolute atomic E-state index is 5.61. The third kappa shape index (κ3) is 2.54. The van der Waals surface area contributed by atoms with E-state index in [2.05, 4.69) is 67.4 Å². The number of fused-ring (bicyclic) bond motifs is 2. The monoisotopic (exact) mass is 321 g/mol. The van der Waals surface area contributed by atoms with Crippen LogP contribution in [0.1, 0.15) is 43.4 Å². The van der Waals surface area contributed by atoms with Crippen LogP contribution in [0.25, 0.3) is 6.08 Å². The number of rotatable bonds is 5. The van der Waals surface area contributed by atoms with E-state index in [-0.39, 0.29) is 6.04 Å². The molecule has 1 aliphatic carbocycles. The van der Waals surface area contributed by atoms with Crippen LogP contribution in [0.3, 0.4) is 0 Å². The first kappa shape index (κ1) is 15.1. The highest BCUT2D eigenvalue weighted by Crippen LogP contribution is 2.47. The Balaban J connectivity index is 1.74. The number of ether oxygens (including phenoxy) is 2. The Hall–Kier alpha value is -2.42. The smallest absolute Gasteiger partial charge is 0.231 e. The molecule has 2 aromatic rings. The summed E-state index contributed by atoms with van der Waals surface area (Å²) in [6, 6.07) is 15.1. The van der Waals surface area contributed by atoms with E-state index in [1.165, 1.54) is 35.2 Å². The van der Waals surface area contributed by atoms with Crippen molar-refractivity contribution in [3.8, 4) is 11.5 Å². The Morgan fingerprint density at radius 3 is 2.58 bits per heavy atom. The van der Waals surface area contributed by atoms with Gasteiger partial charge in [0, 0.05) is 12.7 Å². The number of benzene rings is 2. The Morgan fingerprint density at radius 2 is 1.83 bits per heavy atom. The van der Waals surface area contributed by atoms with Crippen LogP contribution in [0.5, 0.6) is 11.5 Å². The van der Waals surface area contributed by atoms with Gasteiger partial charge in [0.15, 0.2) is 11.5 Å². The van der Waals surface area contributed by atoms with Gasteiger partial charge in [-0.05, 0) is 53.8 Å². The SMILES string of the molecule is CCCCC1=Cc2cc3c(cc2C1N(C)c1ccccc1)OCO3. The summed E-state index contributed by atoms with van der Waals surface area (Å²) in [6.07, 6.45) is 5.89. The average Bonchev–Trinajstić information content (AvgIpc) is 3.21. The fourth-order valence-electron chi connectivity index (χ4n) is 3.67. The Kier molecular flexibility index (Phi) is 3.93. The number of unbranched alkanes of at least 4 members (excludes halogenated alkanes) is 1. The molecule has 3 nitrogen and oxygen atoms in total. The third-order valence-corrected chi connectivity index (χ3v) is 4.93.